The van der Waals surface area contributed by atoms with Crippen LogP contribution in [0.2, 0.25) is 0 Å². The Morgan fingerprint density at radius 2 is 1.81 bits per heavy atom. The fourth-order valence-corrected chi connectivity index (χ4v) is 3.97. The highest BCUT2D eigenvalue weighted by atomic mass is 32.2. The Bertz CT molecular complexity index is 736. The van der Waals surface area contributed by atoms with Crippen molar-refractivity contribution in [2.75, 3.05) is 6.26 Å². The molecule has 0 aliphatic carbocycles. The van der Waals surface area contributed by atoms with E-state index in [1.54, 1.807) is 23.5 Å². The summed E-state index contributed by atoms with van der Waals surface area (Å²) in [7, 11) is 0. The number of thioether (sulfide) groups is 1. The van der Waals surface area contributed by atoms with Gasteiger partial charge >= 0.3 is 0 Å². The van der Waals surface area contributed by atoms with Crippen molar-refractivity contribution in [3.63, 3.8) is 0 Å². The van der Waals surface area contributed by atoms with Gasteiger partial charge in [0.2, 0.25) is 0 Å². The summed E-state index contributed by atoms with van der Waals surface area (Å²) in [6.45, 7) is 2.12. The maximum Gasteiger partial charge on any atom is 0.132 e. The van der Waals surface area contributed by atoms with Gasteiger partial charge in [0.1, 0.15) is 5.03 Å². The Kier molecular flexibility index (Phi) is 4.36. The summed E-state index contributed by atoms with van der Waals surface area (Å²) in [6.07, 6.45) is 2.06. The van der Waals surface area contributed by atoms with Crippen molar-refractivity contribution in [2.45, 2.75) is 21.7 Å². The molecule has 0 saturated heterocycles. The molecule has 21 heavy (non-hydrogen) atoms. The molecule has 3 rings (SSSR count). The highest BCUT2D eigenvalue weighted by molar-refractivity contribution is 8.02. The van der Waals surface area contributed by atoms with E-state index in [1.807, 2.05) is 6.07 Å². The van der Waals surface area contributed by atoms with Gasteiger partial charge < -0.3 is 0 Å². The van der Waals surface area contributed by atoms with Crippen molar-refractivity contribution in [3.05, 3.63) is 60.2 Å². The summed E-state index contributed by atoms with van der Waals surface area (Å²) in [5.41, 5.74) is 3.53. The lowest BCUT2D eigenvalue weighted by molar-refractivity contribution is 0.993. The van der Waals surface area contributed by atoms with Gasteiger partial charge in [0.15, 0.2) is 0 Å². The standard InChI is InChI=1S/C17H16N2S2/c1-12-7-6-10-14(11-12)21-16-15(18-19-17(16)20-2)13-8-4-3-5-9-13/h3-11H,1-2H3,(H,18,19). The van der Waals surface area contributed by atoms with Crippen molar-refractivity contribution in [1.29, 1.82) is 0 Å². The van der Waals surface area contributed by atoms with Gasteiger partial charge in [0.05, 0.1) is 10.6 Å². The minimum atomic E-state index is 1.04. The Labute approximate surface area is 133 Å². The Hall–Kier alpha value is -1.65. The van der Waals surface area contributed by atoms with Crippen LogP contribution in [0.3, 0.4) is 0 Å². The topological polar surface area (TPSA) is 28.7 Å². The minimum Gasteiger partial charge on any atom is -0.276 e. The predicted octanol–water partition coefficient (Wildman–Crippen LogP) is 5.26. The van der Waals surface area contributed by atoms with Gasteiger partial charge in [0.25, 0.3) is 0 Å². The Balaban J connectivity index is 2.02. The third-order valence-corrected chi connectivity index (χ3v) is 5.06. The van der Waals surface area contributed by atoms with Crippen molar-refractivity contribution in [2.24, 2.45) is 0 Å². The fraction of sp³-hybridized carbons (Fsp3) is 0.118. The maximum absolute atomic E-state index is 4.45. The molecule has 2 aromatic carbocycles. The first kappa shape index (κ1) is 14.3. The molecule has 0 amide bonds. The van der Waals surface area contributed by atoms with Crippen molar-refractivity contribution >= 4 is 23.5 Å². The van der Waals surface area contributed by atoms with E-state index >= 15 is 0 Å². The monoisotopic (exact) mass is 312 g/mol. The molecule has 3 aromatic rings. The van der Waals surface area contributed by atoms with E-state index in [0.29, 0.717) is 0 Å². The van der Waals surface area contributed by atoms with Crippen LogP contribution in [0.1, 0.15) is 5.56 Å². The Morgan fingerprint density at radius 3 is 2.52 bits per heavy atom. The van der Waals surface area contributed by atoms with Crippen LogP contribution >= 0.6 is 23.5 Å². The first-order valence-corrected chi connectivity index (χ1v) is 8.74. The normalized spacial score (nSPS) is 10.8. The van der Waals surface area contributed by atoms with Gasteiger partial charge in [-0.15, -0.1) is 11.8 Å². The number of hydrogen-bond acceptors (Lipinski definition) is 3. The van der Waals surface area contributed by atoms with Gasteiger partial charge in [-0.1, -0.05) is 59.8 Å². The van der Waals surface area contributed by atoms with E-state index in [-0.39, 0.29) is 0 Å². The van der Waals surface area contributed by atoms with E-state index in [0.717, 1.165) is 10.7 Å². The number of aromatic nitrogens is 2. The zero-order valence-electron chi connectivity index (χ0n) is 12.0. The van der Waals surface area contributed by atoms with Crippen LogP contribution in [0.15, 0.2) is 69.4 Å². The molecule has 0 atom stereocenters. The summed E-state index contributed by atoms with van der Waals surface area (Å²) >= 11 is 3.44. The second kappa shape index (κ2) is 6.41. The molecule has 0 bridgehead atoms. The molecule has 0 radical (unpaired) electrons. The number of nitrogens with one attached hydrogen (secondary N) is 1. The molecule has 0 fully saturated rings. The second-order valence-electron chi connectivity index (χ2n) is 4.72. The lowest BCUT2D eigenvalue weighted by Gasteiger charge is -2.06. The largest absolute Gasteiger partial charge is 0.276 e. The van der Waals surface area contributed by atoms with Gasteiger partial charge in [-0.25, -0.2) is 0 Å². The summed E-state index contributed by atoms with van der Waals surface area (Å²) in [5, 5.41) is 8.67. The van der Waals surface area contributed by atoms with E-state index in [1.165, 1.54) is 20.9 Å². The molecule has 1 aromatic heterocycles. The molecule has 0 aliphatic heterocycles. The molecule has 4 heteroatoms. The van der Waals surface area contributed by atoms with E-state index < -0.39 is 0 Å². The number of H-pyrrole nitrogens is 1. The molecule has 106 valence electrons. The van der Waals surface area contributed by atoms with Gasteiger partial charge in [0, 0.05) is 10.5 Å². The molecular formula is C17H16N2S2. The second-order valence-corrected chi connectivity index (χ2v) is 6.60. The maximum atomic E-state index is 4.45. The highest BCUT2D eigenvalue weighted by Crippen LogP contribution is 2.40. The van der Waals surface area contributed by atoms with Crippen LogP contribution < -0.4 is 0 Å². The van der Waals surface area contributed by atoms with E-state index in [9.17, 15) is 0 Å². The Morgan fingerprint density at radius 1 is 1.00 bits per heavy atom. The summed E-state index contributed by atoms with van der Waals surface area (Å²) < 4.78 is 0. The lowest BCUT2D eigenvalue weighted by atomic mass is 10.2. The molecule has 0 saturated carbocycles. The van der Waals surface area contributed by atoms with Gasteiger partial charge in [-0.05, 0) is 25.3 Å². The average Bonchev–Trinajstić information content (AvgIpc) is 2.91. The van der Waals surface area contributed by atoms with Crippen LogP contribution in [-0.4, -0.2) is 16.5 Å². The van der Waals surface area contributed by atoms with Crippen molar-refractivity contribution < 1.29 is 0 Å². The number of aromatic amines is 1. The first-order valence-electron chi connectivity index (χ1n) is 6.70. The highest BCUT2D eigenvalue weighted by Gasteiger charge is 2.15. The SMILES string of the molecule is CSc1n[nH]c(-c2ccccc2)c1Sc1cccc(C)c1. The summed E-state index contributed by atoms with van der Waals surface area (Å²) in [6, 6.07) is 18.9. The average molecular weight is 312 g/mol. The molecule has 0 spiro atoms. The molecule has 1 heterocycles. The number of hydrogen-bond donors (Lipinski definition) is 1. The predicted molar refractivity (Wildman–Crippen MR) is 91.1 cm³/mol. The van der Waals surface area contributed by atoms with Crippen LogP contribution in [0.4, 0.5) is 0 Å². The van der Waals surface area contributed by atoms with Crippen LogP contribution in [-0.2, 0) is 0 Å². The van der Waals surface area contributed by atoms with E-state index in [4.69, 9.17) is 0 Å². The van der Waals surface area contributed by atoms with Crippen molar-refractivity contribution in [3.8, 4) is 11.3 Å². The number of rotatable bonds is 4. The third kappa shape index (κ3) is 3.17. The minimum absolute atomic E-state index is 1.04. The summed E-state index contributed by atoms with van der Waals surface area (Å²) in [5.74, 6) is 0. The molecule has 0 unspecified atom stereocenters. The van der Waals surface area contributed by atoms with Gasteiger partial charge in [-0.2, -0.15) is 5.10 Å². The summed E-state index contributed by atoms with van der Waals surface area (Å²) in [4.78, 5) is 2.43. The quantitative estimate of drug-likeness (QED) is 0.666. The van der Waals surface area contributed by atoms with E-state index in [2.05, 4.69) is 71.9 Å². The zero-order chi connectivity index (χ0) is 14.7. The fourth-order valence-electron chi connectivity index (χ4n) is 2.15. The molecule has 0 aliphatic rings. The van der Waals surface area contributed by atoms with Crippen LogP contribution in [0, 0.1) is 6.92 Å². The third-order valence-electron chi connectivity index (χ3n) is 3.16. The van der Waals surface area contributed by atoms with Crippen LogP contribution in [0.5, 0.6) is 0 Å². The lowest BCUT2D eigenvalue weighted by Crippen LogP contribution is -1.81. The molecule has 2 nitrogen and oxygen atoms in total. The molecule has 1 N–H and O–H groups in total. The molecular weight excluding hydrogens is 296 g/mol. The van der Waals surface area contributed by atoms with Gasteiger partial charge in [-0.3, -0.25) is 5.10 Å². The smallest absolute Gasteiger partial charge is 0.132 e. The van der Waals surface area contributed by atoms with Crippen LogP contribution in [0.25, 0.3) is 11.3 Å². The number of aryl methyl sites for hydroxylation is 1. The number of benzene rings is 2. The zero-order valence-corrected chi connectivity index (χ0v) is 13.6. The van der Waals surface area contributed by atoms with Crippen molar-refractivity contribution in [1.82, 2.24) is 10.2 Å². The first-order chi connectivity index (χ1) is 10.3. The number of nitrogens with zero attached hydrogens (tertiary/aromatic N) is 1.